The van der Waals surface area contributed by atoms with E-state index < -0.39 is 63.1 Å². The second kappa shape index (κ2) is 12.3. The number of halogens is 1. The number of alkyl carbamates (subject to hydrolysis) is 1. The molecule has 3 saturated carbocycles. The van der Waals surface area contributed by atoms with Crippen molar-refractivity contribution in [2.24, 2.45) is 23.2 Å². The molecule has 4 fully saturated rings. The second-order valence-electron chi connectivity index (χ2n) is 13.6. The van der Waals surface area contributed by atoms with Gasteiger partial charge in [-0.1, -0.05) is 42.8 Å². The van der Waals surface area contributed by atoms with Gasteiger partial charge in [-0.25, -0.2) is 9.59 Å². The quantitative estimate of drug-likeness (QED) is 0.211. The number of fused-ring (bicyclic) bond motifs is 1. The van der Waals surface area contributed by atoms with Crippen LogP contribution in [0.3, 0.4) is 0 Å². The van der Waals surface area contributed by atoms with Crippen LogP contribution in [-0.2, 0) is 38.2 Å². The molecule has 0 spiro atoms. The number of hydrogen-bond donors (Lipinski definition) is 2. The summed E-state index contributed by atoms with van der Waals surface area (Å²) in [7, 11) is -3.05. The number of ether oxygens (including phenoxy) is 2. The van der Waals surface area contributed by atoms with Crippen LogP contribution in [0.15, 0.2) is 46.3 Å². The molecule has 1 aliphatic heterocycles. The minimum atomic E-state index is -4.26. The molecule has 4 aliphatic rings. The average Bonchev–Trinajstić information content (AvgIpc) is 3.78. The molecule has 1 heterocycles. The van der Waals surface area contributed by atoms with E-state index in [0.29, 0.717) is 16.3 Å². The minimum absolute atomic E-state index is 0.0885. The second-order valence-corrected chi connectivity index (χ2v) is 16.1. The Kier molecular flexibility index (Phi) is 9.15. The van der Waals surface area contributed by atoms with E-state index in [1.807, 2.05) is 0 Å². The number of benzene rings is 1. The number of methoxy groups -OCH3 is 1. The summed E-state index contributed by atoms with van der Waals surface area (Å²) in [6, 6.07) is 3.55. The fourth-order valence-electron chi connectivity index (χ4n) is 6.56. The Balaban J connectivity index is 1.37. The number of rotatable bonds is 10. The predicted octanol–water partition coefficient (Wildman–Crippen LogP) is 3.30. The maximum Gasteiger partial charge on any atom is 0.408 e. The van der Waals surface area contributed by atoms with E-state index >= 15 is 0 Å². The minimum Gasteiger partial charge on any atom is -0.467 e. The molecule has 5 rings (SSSR count). The summed E-state index contributed by atoms with van der Waals surface area (Å²) in [5, 5.41) is 5.45. The number of carbonyl (C=O) groups excluding carboxylic acids is 4. The first-order valence-electron chi connectivity index (χ1n) is 15.1. The highest BCUT2D eigenvalue weighted by Crippen LogP contribution is 2.52. The van der Waals surface area contributed by atoms with Gasteiger partial charge in [0, 0.05) is 23.4 Å². The highest BCUT2D eigenvalue weighted by molar-refractivity contribution is 9.10. The van der Waals surface area contributed by atoms with Gasteiger partial charge in [-0.2, -0.15) is 8.42 Å². The van der Waals surface area contributed by atoms with Crippen LogP contribution in [0.2, 0.25) is 0 Å². The summed E-state index contributed by atoms with van der Waals surface area (Å²) in [5.74, 6) is -1.11. The van der Waals surface area contributed by atoms with Gasteiger partial charge in [0.2, 0.25) is 11.8 Å². The van der Waals surface area contributed by atoms with Gasteiger partial charge in [0.25, 0.3) is 10.1 Å². The molecule has 1 aromatic carbocycles. The zero-order valence-corrected chi connectivity index (χ0v) is 28.2. The molecule has 12 nitrogen and oxygen atoms in total. The lowest BCUT2D eigenvalue weighted by molar-refractivity contribution is -0.148. The Bertz CT molecular complexity index is 1470. The van der Waals surface area contributed by atoms with E-state index in [2.05, 4.69) is 33.1 Å². The van der Waals surface area contributed by atoms with E-state index in [0.717, 1.165) is 19.3 Å². The normalized spacial score (nSPS) is 30.9. The third kappa shape index (κ3) is 7.07. The van der Waals surface area contributed by atoms with E-state index in [4.69, 9.17) is 13.7 Å². The fraction of sp³-hybridized carbons (Fsp3) is 0.613. The van der Waals surface area contributed by atoms with E-state index in [1.54, 1.807) is 39.0 Å². The number of nitrogens with zero attached hydrogens (tertiary/aromatic N) is 1. The Hall–Kier alpha value is -2.97. The van der Waals surface area contributed by atoms with Gasteiger partial charge in [0.15, 0.2) is 0 Å². The number of hydrogen-bond acceptors (Lipinski definition) is 9. The van der Waals surface area contributed by atoms with Crippen LogP contribution in [0.1, 0.15) is 52.9 Å². The lowest BCUT2D eigenvalue weighted by Gasteiger charge is -2.35. The van der Waals surface area contributed by atoms with Crippen molar-refractivity contribution in [2.75, 3.05) is 13.7 Å². The van der Waals surface area contributed by atoms with Gasteiger partial charge in [0.1, 0.15) is 23.7 Å². The summed E-state index contributed by atoms with van der Waals surface area (Å²) < 4.78 is 43.1. The van der Waals surface area contributed by atoms with Gasteiger partial charge in [-0.15, -0.1) is 6.58 Å². The molecule has 2 N–H and O–H groups in total. The van der Waals surface area contributed by atoms with Crippen molar-refractivity contribution < 1.29 is 41.3 Å². The molecule has 3 amide bonds. The Labute approximate surface area is 271 Å². The predicted molar refractivity (Wildman–Crippen MR) is 165 cm³/mol. The van der Waals surface area contributed by atoms with Crippen molar-refractivity contribution in [2.45, 2.75) is 87.6 Å². The van der Waals surface area contributed by atoms with Crippen LogP contribution in [0, 0.1) is 23.2 Å². The molecule has 2 unspecified atom stereocenters. The number of carbonyl (C=O) groups is 4. The molecule has 1 aromatic rings. The summed E-state index contributed by atoms with van der Waals surface area (Å²) in [5.41, 5.74) is -2.15. The van der Waals surface area contributed by atoms with Crippen molar-refractivity contribution in [3.8, 4) is 0 Å². The molecule has 14 heteroatoms. The van der Waals surface area contributed by atoms with Gasteiger partial charge < -0.3 is 25.0 Å². The van der Waals surface area contributed by atoms with Crippen LogP contribution in [0.25, 0.3) is 0 Å². The van der Waals surface area contributed by atoms with Crippen molar-refractivity contribution in [3.05, 3.63) is 41.4 Å². The molecule has 45 heavy (non-hydrogen) atoms. The van der Waals surface area contributed by atoms with Crippen molar-refractivity contribution in [3.63, 3.8) is 0 Å². The standard InChI is InChI=1S/C31H40BrN3O9S/c1-6-19-15-31(19,28(38)42-5)34-26(36)24-14-22(44-45(40,41)23-9-7-20(32)8-10-23)16-35(24)27(37)25(30(2,3)4)33-29(39)43-21-12-17-11-18(17)13-21/h6-10,17-19,21-22,24-25H,1,11-16H2,2-5H3,(H,33,39)(H,34,36)/t17-,18+,19-,21?,22-,24?,25-,31-/m1/s1. The first-order valence-corrected chi connectivity index (χ1v) is 17.3. The number of amides is 3. The van der Waals surface area contributed by atoms with Crippen molar-refractivity contribution in [1.29, 1.82) is 0 Å². The maximum absolute atomic E-state index is 14.2. The molecule has 3 aliphatic carbocycles. The molecule has 0 bridgehead atoms. The zero-order chi connectivity index (χ0) is 32.9. The molecule has 0 radical (unpaired) electrons. The van der Waals surface area contributed by atoms with E-state index in [1.165, 1.54) is 24.1 Å². The monoisotopic (exact) mass is 709 g/mol. The van der Waals surface area contributed by atoms with E-state index in [-0.39, 0.29) is 36.3 Å². The highest BCUT2D eigenvalue weighted by atomic mass is 79.9. The lowest BCUT2D eigenvalue weighted by Crippen LogP contribution is -2.59. The van der Waals surface area contributed by atoms with Crippen LogP contribution in [-0.4, -0.2) is 80.7 Å². The largest absolute Gasteiger partial charge is 0.467 e. The van der Waals surface area contributed by atoms with Gasteiger partial charge in [-0.05, 0) is 67.2 Å². The SMILES string of the molecule is C=C[C@@H]1C[C@]1(NC(=O)C1C[C@@H](OS(=O)(=O)c2ccc(Br)cc2)CN1C(=O)[C@@H](NC(=O)OC1C[C@@H]2C[C@@H]2C1)C(C)(C)C)C(=O)OC. The van der Waals surface area contributed by atoms with Crippen LogP contribution in [0.5, 0.6) is 0 Å². The summed E-state index contributed by atoms with van der Waals surface area (Å²) in [4.78, 5) is 54.8. The molecule has 8 atom stereocenters. The third-order valence-electron chi connectivity index (χ3n) is 9.26. The summed E-state index contributed by atoms with van der Waals surface area (Å²) in [6.07, 6.45) is 2.40. The Morgan fingerprint density at radius 2 is 1.71 bits per heavy atom. The van der Waals surface area contributed by atoms with Crippen LogP contribution in [0.4, 0.5) is 4.79 Å². The molecule has 246 valence electrons. The Morgan fingerprint density at radius 1 is 1.07 bits per heavy atom. The fourth-order valence-corrected chi connectivity index (χ4v) is 7.90. The van der Waals surface area contributed by atoms with Crippen molar-refractivity contribution >= 4 is 49.9 Å². The highest BCUT2D eigenvalue weighted by Gasteiger charge is 2.62. The van der Waals surface area contributed by atoms with Gasteiger partial charge in [0.05, 0.1) is 18.1 Å². The molecule has 1 saturated heterocycles. The van der Waals surface area contributed by atoms with Crippen LogP contribution >= 0.6 is 15.9 Å². The molecule has 0 aromatic heterocycles. The molecular formula is C31H40BrN3O9S. The lowest BCUT2D eigenvalue weighted by atomic mass is 9.85. The summed E-state index contributed by atoms with van der Waals surface area (Å²) in [6.45, 7) is 8.77. The van der Waals surface area contributed by atoms with Gasteiger partial charge in [-0.3, -0.25) is 13.8 Å². The Morgan fingerprint density at radius 3 is 2.27 bits per heavy atom. The average molecular weight is 711 g/mol. The number of nitrogens with one attached hydrogen (secondary N) is 2. The third-order valence-corrected chi connectivity index (χ3v) is 11.2. The summed E-state index contributed by atoms with van der Waals surface area (Å²) >= 11 is 3.27. The number of esters is 1. The van der Waals surface area contributed by atoms with Crippen LogP contribution < -0.4 is 10.6 Å². The topological polar surface area (TPSA) is 157 Å². The first-order chi connectivity index (χ1) is 21.1. The van der Waals surface area contributed by atoms with Crippen molar-refractivity contribution in [1.82, 2.24) is 15.5 Å². The zero-order valence-electron chi connectivity index (χ0n) is 25.8. The first kappa shape index (κ1) is 33.4. The maximum atomic E-state index is 14.2. The number of likely N-dealkylation sites (tertiary alicyclic amines) is 1. The molecular weight excluding hydrogens is 670 g/mol. The van der Waals surface area contributed by atoms with E-state index in [9.17, 15) is 27.6 Å². The smallest absolute Gasteiger partial charge is 0.408 e. The van der Waals surface area contributed by atoms with Gasteiger partial charge >= 0.3 is 12.1 Å².